The molecule has 1 aliphatic rings. The van der Waals surface area contributed by atoms with Crippen molar-refractivity contribution >= 4 is 23.2 Å². The maximum Gasteiger partial charge on any atom is 0.431 e. The van der Waals surface area contributed by atoms with Crippen LogP contribution in [0.5, 0.6) is 5.75 Å². The highest BCUT2D eigenvalue weighted by molar-refractivity contribution is 6.33. The van der Waals surface area contributed by atoms with Crippen molar-refractivity contribution in [1.82, 2.24) is 0 Å². The first-order valence-corrected chi connectivity index (χ1v) is 6.33. The second kappa shape index (κ2) is 5.11. The van der Waals surface area contributed by atoms with Gasteiger partial charge in [0, 0.05) is 5.56 Å². The molecule has 1 N–H and O–H groups in total. The minimum atomic E-state index is -5.01. The van der Waals surface area contributed by atoms with Crippen molar-refractivity contribution in [2.24, 2.45) is 4.99 Å². The molecule has 1 aromatic rings. The van der Waals surface area contributed by atoms with Crippen molar-refractivity contribution in [2.75, 3.05) is 6.61 Å². The van der Waals surface area contributed by atoms with E-state index in [9.17, 15) is 27.9 Å². The maximum absolute atomic E-state index is 13.3. The van der Waals surface area contributed by atoms with Gasteiger partial charge in [0.05, 0.1) is 12.3 Å². The predicted octanol–water partition coefficient (Wildman–Crippen LogP) is 2.43. The zero-order valence-electron chi connectivity index (χ0n) is 11.7. The van der Waals surface area contributed by atoms with E-state index in [1.807, 2.05) is 0 Å². The fourth-order valence-corrected chi connectivity index (χ4v) is 2.48. The van der Waals surface area contributed by atoms with Crippen LogP contribution in [0.15, 0.2) is 23.2 Å². The van der Waals surface area contributed by atoms with Gasteiger partial charge in [-0.15, -0.1) is 0 Å². The van der Waals surface area contributed by atoms with Crippen LogP contribution in [0.25, 0.3) is 0 Å². The fourth-order valence-electron chi connectivity index (χ4n) is 2.48. The second-order valence-electron chi connectivity index (χ2n) is 4.69. The second-order valence-corrected chi connectivity index (χ2v) is 4.69. The number of nitrogens with zero attached hydrogens (tertiary/aromatic N) is 1. The van der Waals surface area contributed by atoms with E-state index in [0.717, 1.165) is 25.1 Å². The van der Waals surface area contributed by atoms with Crippen molar-refractivity contribution in [3.05, 3.63) is 23.8 Å². The quantitative estimate of drug-likeness (QED) is 0.686. The minimum Gasteiger partial charge on any atom is -0.508 e. The highest BCUT2D eigenvalue weighted by Crippen LogP contribution is 2.47. The van der Waals surface area contributed by atoms with Crippen LogP contribution < -0.4 is 0 Å². The summed E-state index contributed by atoms with van der Waals surface area (Å²) in [5, 5.41) is 9.52. The third-order valence-electron chi connectivity index (χ3n) is 3.35. The van der Waals surface area contributed by atoms with Gasteiger partial charge in [0.2, 0.25) is 0 Å². The number of phenols is 1. The van der Waals surface area contributed by atoms with E-state index in [0.29, 0.717) is 0 Å². The van der Waals surface area contributed by atoms with Crippen molar-refractivity contribution in [3.8, 4) is 5.75 Å². The lowest BCUT2D eigenvalue weighted by Gasteiger charge is -2.27. The summed E-state index contributed by atoms with van der Waals surface area (Å²) in [5.41, 5.74) is -4.78. The number of halogens is 3. The molecule has 2 rings (SSSR count). The van der Waals surface area contributed by atoms with Crippen LogP contribution in [0, 0.1) is 0 Å². The Kier molecular flexibility index (Phi) is 3.72. The zero-order valence-corrected chi connectivity index (χ0v) is 11.7. The SMILES string of the molecule is CCOC(=O)C1(C(C)=O)C(C(F)(F)F)=Nc2ccc(O)cc21. The maximum atomic E-state index is 13.3. The van der Waals surface area contributed by atoms with E-state index in [-0.39, 0.29) is 23.6 Å². The molecule has 0 fully saturated rings. The van der Waals surface area contributed by atoms with E-state index in [4.69, 9.17) is 4.74 Å². The van der Waals surface area contributed by atoms with Crippen molar-refractivity contribution < 1.29 is 32.6 Å². The van der Waals surface area contributed by atoms with Crippen molar-refractivity contribution in [3.63, 3.8) is 0 Å². The monoisotopic (exact) mass is 315 g/mol. The first-order valence-electron chi connectivity index (χ1n) is 6.33. The number of benzene rings is 1. The molecule has 118 valence electrons. The Bertz CT molecular complexity index is 681. The number of ketones is 1. The first kappa shape index (κ1) is 16.0. The van der Waals surface area contributed by atoms with E-state index in [1.165, 1.54) is 6.92 Å². The highest BCUT2D eigenvalue weighted by Gasteiger charge is 2.63. The van der Waals surface area contributed by atoms with Crippen LogP contribution in [-0.4, -0.2) is 35.4 Å². The standard InChI is InChI=1S/C14H12F3NO4/c1-3-22-12(21)13(7(2)19)9-6-8(20)4-5-10(9)18-11(13)14(15,16)17/h4-6,20H,3H2,1-2H3. The number of Topliss-reactive ketones (excluding diaryl/α,β-unsaturated/α-hetero) is 1. The molecule has 8 heteroatoms. The lowest BCUT2D eigenvalue weighted by Crippen LogP contribution is -2.53. The number of aliphatic imine (C=N–C) groups is 1. The molecule has 0 saturated carbocycles. The number of rotatable bonds is 3. The van der Waals surface area contributed by atoms with Gasteiger partial charge in [-0.2, -0.15) is 13.2 Å². The summed E-state index contributed by atoms with van der Waals surface area (Å²) in [6.07, 6.45) is -5.01. The number of phenolic OH excluding ortho intramolecular Hbond substituents is 1. The number of esters is 1. The van der Waals surface area contributed by atoms with E-state index < -0.39 is 29.1 Å². The van der Waals surface area contributed by atoms with Gasteiger partial charge < -0.3 is 9.84 Å². The lowest BCUT2D eigenvalue weighted by atomic mass is 9.74. The topological polar surface area (TPSA) is 76.0 Å². The summed E-state index contributed by atoms with van der Waals surface area (Å²) in [4.78, 5) is 27.7. The number of ether oxygens (including phenoxy) is 1. The Morgan fingerprint density at radius 2 is 2.00 bits per heavy atom. The molecule has 1 aliphatic heterocycles. The normalized spacial score (nSPS) is 20.3. The number of alkyl halides is 3. The Hall–Kier alpha value is -2.38. The van der Waals surface area contributed by atoms with Gasteiger partial charge in [0.25, 0.3) is 0 Å². The molecule has 1 heterocycles. The van der Waals surface area contributed by atoms with Crippen LogP contribution in [0.2, 0.25) is 0 Å². The first-order chi connectivity index (χ1) is 10.2. The molecule has 0 spiro atoms. The number of hydrogen-bond acceptors (Lipinski definition) is 5. The summed E-state index contributed by atoms with van der Waals surface area (Å²) in [7, 11) is 0. The van der Waals surface area contributed by atoms with Crippen LogP contribution in [-0.2, 0) is 19.7 Å². The Morgan fingerprint density at radius 3 is 2.50 bits per heavy atom. The molecule has 22 heavy (non-hydrogen) atoms. The third-order valence-corrected chi connectivity index (χ3v) is 3.35. The molecule has 0 amide bonds. The van der Waals surface area contributed by atoms with Crippen LogP contribution in [0.4, 0.5) is 18.9 Å². The molecule has 0 aliphatic carbocycles. The van der Waals surface area contributed by atoms with Crippen molar-refractivity contribution in [2.45, 2.75) is 25.4 Å². The van der Waals surface area contributed by atoms with Crippen LogP contribution >= 0.6 is 0 Å². The minimum absolute atomic E-state index is 0.201. The van der Waals surface area contributed by atoms with E-state index >= 15 is 0 Å². The molecule has 1 unspecified atom stereocenters. The molecule has 5 nitrogen and oxygen atoms in total. The summed E-state index contributed by atoms with van der Waals surface area (Å²) < 4.78 is 44.7. The summed E-state index contributed by atoms with van der Waals surface area (Å²) in [6.45, 7) is 2.07. The molecule has 0 aromatic heterocycles. The number of fused-ring (bicyclic) bond motifs is 1. The number of hydrogen-bond donors (Lipinski definition) is 1. The summed E-state index contributed by atoms with van der Waals surface area (Å²) >= 11 is 0. The number of carbonyl (C=O) groups excluding carboxylic acids is 2. The molecule has 1 atom stereocenters. The van der Waals surface area contributed by atoms with E-state index in [1.54, 1.807) is 0 Å². The molecule has 0 radical (unpaired) electrons. The lowest BCUT2D eigenvalue weighted by molar-refractivity contribution is -0.152. The van der Waals surface area contributed by atoms with Gasteiger partial charge in [-0.05, 0) is 32.0 Å². The molecule has 0 saturated heterocycles. The van der Waals surface area contributed by atoms with Gasteiger partial charge in [-0.25, -0.2) is 4.99 Å². The smallest absolute Gasteiger partial charge is 0.431 e. The van der Waals surface area contributed by atoms with Gasteiger partial charge in [0.1, 0.15) is 5.75 Å². The fraction of sp³-hybridized carbons (Fsp3) is 0.357. The predicted molar refractivity (Wildman–Crippen MR) is 70.2 cm³/mol. The van der Waals surface area contributed by atoms with E-state index in [2.05, 4.69) is 4.99 Å². The van der Waals surface area contributed by atoms with Gasteiger partial charge in [0.15, 0.2) is 16.9 Å². The average Bonchev–Trinajstić information content (AvgIpc) is 2.74. The Morgan fingerprint density at radius 1 is 1.36 bits per heavy atom. The largest absolute Gasteiger partial charge is 0.508 e. The molecular weight excluding hydrogens is 303 g/mol. The third kappa shape index (κ3) is 2.15. The molecular formula is C14H12F3NO4. The van der Waals surface area contributed by atoms with Gasteiger partial charge in [-0.3, -0.25) is 9.59 Å². The Labute approximate surface area is 123 Å². The highest BCUT2D eigenvalue weighted by atomic mass is 19.4. The summed E-state index contributed by atoms with van der Waals surface area (Å²) in [5.74, 6) is -2.82. The molecule has 0 bridgehead atoms. The van der Waals surface area contributed by atoms with Crippen LogP contribution in [0.1, 0.15) is 19.4 Å². The van der Waals surface area contributed by atoms with Gasteiger partial charge in [-0.1, -0.05) is 0 Å². The van der Waals surface area contributed by atoms with Crippen molar-refractivity contribution in [1.29, 1.82) is 0 Å². The average molecular weight is 315 g/mol. The summed E-state index contributed by atoms with van der Waals surface area (Å²) in [6, 6.07) is 3.16. The number of aromatic hydroxyl groups is 1. The Balaban J connectivity index is 2.82. The number of carbonyl (C=O) groups is 2. The van der Waals surface area contributed by atoms with Gasteiger partial charge >= 0.3 is 12.1 Å². The zero-order chi connectivity index (χ0) is 16.7. The van der Waals surface area contributed by atoms with Crippen LogP contribution in [0.3, 0.4) is 0 Å². The molecule has 1 aromatic carbocycles.